The molecule has 2 heterocycles. The van der Waals surface area contributed by atoms with E-state index in [2.05, 4.69) is 15.3 Å². The molecule has 0 aliphatic carbocycles. The predicted octanol–water partition coefficient (Wildman–Crippen LogP) is 4.83. The van der Waals surface area contributed by atoms with Gasteiger partial charge in [-0.05, 0) is 43.0 Å². The molecule has 7 nitrogen and oxygen atoms in total. The highest BCUT2D eigenvalue weighted by Crippen LogP contribution is 2.27. The first-order valence-electron chi connectivity index (χ1n) is 10.5. The van der Waals surface area contributed by atoms with Crippen LogP contribution in [-0.2, 0) is 4.74 Å². The van der Waals surface area contributed by atoms with Crippen LogP contribution in [0.5, 0.6) is 0 Å². The molecule has 0 radical (unpaired) electrons. The second-order valence-corrected chi connectivity index (χ2v) is 7.77. The average Bonchev–Trinajstić information content (AvgIpc) is 3.35. The molecular formula is C24H23ClN4O3. The summed E-state index contributed by atoms with van der Waals surface area (Å²) in [5.74, 6) is -0.565. The summed E-state index contributed by atoms with van der Waals surface area (Å²) in [6, 6.07) is 14.9. The van der Waals surface area contributed by atoms with Gasteiger partial charge in [-0.25, -0.2) is 14.8 Å². The number of benzene rings is 2. The summed E-state index contributed by atoms with van der Waals surface area (Å²) in [4.78, 5) is 36.3. The van der Waals surface area contributed by atoms with Crippen LogP contribution in [0.15, 0.2) is 54.7 Å². The fourth-order valence-electron chi connectivity index (χ4n) is 3.61. The molecule has 1 aliphatic rings. The molecule has 3 aromatic rings. The lowest BCUT2D eigenvalue weighted by molar-refractivity contribution is 0.0527. The molecule has 0 atom stereocenters. The molecule has 0 saturated carbocycles. The third kappa shape index (κ3) is 4.73. The largest absolute Gasteiger partial charge is 0.462 e. The Morgan fingerprint density at radius 1 is 1.09 bits per heavy atom. The topological polar surface area (TPSA) is 84.4 Å². The number of nitrogens with one attached hydrogen (secondary N) is 1. The lowest BCUT2D eigenvalue weighted by Crippen LogP contribution is -2.23. The number of esters is 1. The summed E-state index contributed by atoms with van der Waals surface area (Å²) in [7, 11) is 0. The van der Waals surface area contributed by atoms with Crippen LogP contribution in [0, 0.1) is 0 Å². The Morgan fingerprint density at radius 2 is 1.84 bits per heavy atom. The Hall–Kier alpha value is -3.45. The summed E-state index contributed by atoms with van der Waals surface area (Å²) in [6.45, 7) is 3.64. The molecule has 164 valence electrons. The number of ether oxygens (including phenoxy) is 1. The molecule has 0 unspecified atom stereocenters. The molecule has 1 fully saturated rings. The molecule has 1 N–H and O–H groups in total. The third-order valence-electron chi connectivity index (χ3n) is 5.21. The normalized spacial score (nSPS) is 13.1. The fourth-order valence-corrected chi connectivity index (χ4v) is 3.79. The Labute approximate surface area is 191 Å². The van der Waals surface area contributed by atoms with E-state index in [1.807, 2.05) is 41.3 Å². The standard InChI is InChI=1S/C24H23ClN4O3/c1-2-32-23(31)18-14-17(16-8-4-3-5-9-16)10-11-20(18)27-22(30)21-19(25)15-26-24(28-21)29-12-6-7-13-29/h3-5,8-11,14-15H,2,6-7,12-13H2,1H3,(H,27,30). The van der Waals surface area contributed by atoms with Crippen LogP contribution in [0.3, 0.4) is 0 Å². The number of aromatic nitrogens is 2. The van der Waals surface area contributed by atoms with E-state index in [1.165, 1.54) is 6.20 Å². The van der Waals surface area contributed by atoms with Crippen LogP contribution < -0.4 is 10.2 Å². The molecule has 32 heavy (non-hydrogen) atoms. The second-order valence-electron chi connectivity index (χ2n) is 7.36. The van der Waals surface area contributed by atoms with Crippen molar-refractivity contribution in [2.75, 3.05) is 29.9 Å². The van der Waals surface area contributed by atoms with Crippen LogP contribution in [-0.4, -0.2) is 41.5 Å². The maximum Gasteiger partial charge on any atom is 0.340 e. The highest BCUT2D eigenvalue weighted by atomic mass is 35.5. The predicted molar refractivity (Wildman–Crippen MR) is 124 cm³/mol. The average molecular weight is 451 g/mol. The fraction of sp³-hybridized carbons (Fsp3) is 0.250. The van der Waals surface area contributed by atoms with E-state index < -0.39 is 11.9 Å². The number of anilines is 2. The van der Waals surface area contributed by atoms with E-state index in [0.29, 0.717) is 11.6 Å². The van der Waals surface area contributed by atoms with Crippen LogP contribution in [0.1, 0.15) is 40.6 Å². The van der Waals surface area contributed by atoms with Gasteiger partial charge < -0.3 is 15.0 Å². The van der Waals surface area contributed by atoms with Crippen LogP contribution in [0.25, 0.3) is 11.1 Å². The number of carbonyl (C=O) groups is 2. The van der Waals surface area contributed by atoms with Crippen LogP contribution in [0.4, 0.5) is 11.6 Å². The van der Waals surface area contributed by atoms with Gasteiger partial charge in [0, 0.05) is 13.1 Å². The van der Waals surface area contributed by atoms with Crippen molar-refractivity contribution in [1.82, 2.24) is 9.97 Å². The number of rotatable bonds is 6. The zero-order chi connectivity index (χ0) is 22.5. The minimum atomic E-state index is -0.521. The van der Waals surface area contributed by atoms with Gasteiger partial charge in [0.2, 0.25) is 5.95 Å². The van der Waals surface area contributed by atoms with Gasteiger partial charge >= 0.3 is 5.97 Å². The molecule has 1 saturated heterocycles. The second kappa shape index (κ2) is 9.78. The van der Waals surface area contributed by atoms with Gasteiger partial charge in [0.1, 0.15) is 0 Å². The van der Waals surface area contributed by atoms with Crippen molar-refractivity contribution in [2.24, 2.45) is 0 Å². The number of halogens is 1. The molecule has 1 amide bonds. The van der Waals surface area contributed by atoms with Gasteiger partial charge in [-0.1, -0.05) is 48.0 Å². The molecule has 0 bridgehead atoms. The molecule has 0 spiro atoms. The molecule has 1 aliphatic heterocycles. The van der Waals surface area contributed by atoms with E-state index in [0.717, 1.165) is 37.1 Å². The van der Waals surface area contributed by atoms with Crippen molar-refractivity contribution in [3.8, 4) is 11.1 Å². The molecular weight excluding hydrogens is 428 g/mol. The zero-order valence-electron chi connectivity index (χ0n) is 17.7. The van der Waals surface area contributed by atoms with Crippen molar-refractivity contribution in [2.45, 2.75) is 19.8 Å². The van der Waals surface area contributed by atoms with Crippen molar-refractivity contribution < 1.29 is 14.3 Å². The van der Waals surface area contributed by atoms with E-state index in [9.17, 15) is 9.59 Å². The summed E-state index contributed by atoms with van der Waals surface area (Å²) in [5.41, 5.74) is 2.43. The summed E-state index contributed by atoms with van der Waals surface area (Å²) in [5, 5.41) is 2.91. The van der Waals surface area contributed by atoms with Gasteiger partial charge in [-0.3, -0.25) is 4.79 Å². The van der Waals surface area contributed by atoms with Crippen molar-refractivity contribution >= 4 is 35.1 Å². The summed E-state index contributed by atoms with van der Waals surface area (Å²) < 4.78 is 5.21. The first-order chi connectivity index (χ1) is 15.6. The molecule has 1 aromatic heterocycles. The van der Waals surface area contributed by atoms with Gasteiger partial charge in [0.05, 0.1) is 29.1 Å². The monoisotopic (exact) mass is 450 g/mol. The minimum Gasteiger partial charge on any atom is -0.462 e. The van der Waals surface area contributed by atoms with E-state index >= 15 is 0 Å². The van der Waals surface area contributed by atoms with Crippen molar-refractivity contribution in [1.29, 1.82) is 0 Å². The molecule has 4 rings (SSSR count). The summed E-state index contributed by atoms with van der Waals surface area (Å²) in [6.07, 6.45) is 3.55. The Kier molecular flexibility index (Phi) is 6.66. The third-order valence-corrected chi connectivity index (χ3v) is 5.48. The Bertz CT molecular complexity index is 1130. The van der Waals surface area contributed by atoms with Crippen molar-refractivity contribution in [3.05, 3.63) is 71.0 Å². The molecule has 8 heteroatoms. The van der Waals surface area contributed by atoms with Gasteiger partial charge in [-0.15, -0.1) is 0 Å². The Balaban J connectivity index is 1.65. The summed E-state index contributed by atoms with van der Waals surface area (Å²) >= 11 is 6.23. The number of hydrogen-bond donors (Lipinski definition) is 1. The lowest BCUT2D eigenvalue weighted by atomic mass is 10.0. The van der Waals surface area contributed by atoms with Crippen molar-refractivity contribution in [3.63, 3.8) is 0 Å². The smallest absolute Gasteiger partial charge is 0.340 e. The van der Waals surface area contributed by atoms with Gasteiger partial charge in [0.15, 0.2) is 5.69 Å². The van der Waals surface area contributed by atoms with Gasteiger partial charge in [0.25, 0.3) is 5.91 Å². The highest BCUT2D eigenvalue weighted by Gasteiger charge is 2.22. The van der Waals surface area contributed by atoms with E-state index in [-0.39, 0.29) is 22.9 Å². The maximum absolute atomic E-state index is 13.0. The van der Waals surface area contributed by atoms with Gasteiger partial charge in [-0.2, -0.15) is 0 Å². The minimum absolute atomic E-state index is 0.0607. The van der Waals surface area contributed by atoms with Crippen LogP contribution in [0.2, 0.25) is 5.02 Å². The lowest BCUT2D eigenvalue weighted by Gasteiger charge is -2.16. The highest BCUT2D eigenvalue weighted by molar-refractivity contribution is 6.34. The quantitative estimate of drug-likeness (QED) is 0.541. The number of hydrogen-bond acceptors (Lipinski definition) is 6. The molecule has 2 aromatic carbocycles. The van der Waals surface area contributed by atoms with Crippen LogP contribution >= 0.6 is 11.6 Å². The number of nitrogens with zero attached hydrogens (tertiary/aromatic N) is 3. The first kappa shape index (κ1) is 21.8. The van der Waals surface area contributed by atoms with E-state index in [1.54, 1.807) is 19.1 Å². The number of carbonyl (C=O) groups excluding carboxylic acids is 2. The SMILES string of the molecule is CCOC(=O)c1cc(-c2ccccc2)ccc1NC(=O)c1nc(N2CCCC2)ncc1Cl. The zero-order valence-corrected chi connectivity index (χ0v) is 18.4. The first-order valence-corrected chi connectivity index (χ1v) is 10.9. The van der Waals surface area contributed by atoms with E-state index in [4.69, 9.17) is 16.3 Å². The number of amides is 1. The maximum atomic E-state index is 13.0. The Morgan fingerprint density at radius 3 is 2.56 bits per heavy atom.